The third-order valence-corrected chi connectivity index (χ3v) is 2.30. The number of benzene rings is 1. The normalized spacial score (nSPS) is 22.8. The molecule has 0 N–H and O–H groups in total. The van der Waals surface area contributed by atoms with Crippen LogP contribution in [0.25, 0.3) is 0 Å². The lowest BCUT2D eigenvalue weighted by atomic mass is 9.90. The second kappa shape index (κ2) is 2.65. The number of fused-ring (bicyclic) bond motifs is 1. The zero-order valence-electron chi connectivity index (χ0n) is 6.39. The molecular weight excluding hydrogens is 139 g/mol. The van der Waals surface area contributed by atoms with Gasteiger partial charge in [-0.25, -0.2) is 4.39 Å². The van der Waals surface area contributed by atoms with Gasteiger partial charge in [0.1, 0.15) is 6.17 Å². The molecule has 0 aromatic heterocycles. The summed E-state index contributed by atoms with van der Waals surface area (Å²) in [7, 11) is 0. The van der Waals surface area contributed by atoms with Crippen molar-refractivity contribution in [2.24, 2.45) is 0 Å². The summed E-state index contributed by atoms with van der Waals surface area (Å²) in [6.45, 7) is 0. The van der Waals surface area contributed by atoms with E-state index in [4.69, 9.17) is 0 Å². The minimum absolute atomic E-state index is 0.705. The van der Waals surface area contributed by atoms with Crippen molar-refractivity contribution in [3.8, 4) is 0 Å². The summed E-state index contributed by atoms with van der Waals surface area (Å²) in [5.41, 5.74) is 2.12. The minimum atomic E-state index is -0.708. The number of aryl methyl sites for hydroxylation is 1. The van der Waals surface area contributed by atoms with Crippen LogP contribution in [0, 0.1) is 0 Å². The lowest BCUT2D eigenvalue weighted by Gasteiger charge is -2.18. The first-order valence-corrected chi connectivity index (χ1v) is 4.10. The number of halogens is 1. The summed E-state index contributed by atoms with van der Waals surface area (Å²) < 4.78 is 13.2. The summed E-state index contributed by atoms with van der Waals surface area (Å²) in [4.78, 5) is 0. The van der Waals surface area contributed by atoms with E-state index in [0.717, 1.165) is 18.4 Å². The zero-order chi connectivity index (χ0) is 7.68. The third kappa shape index (κ3) is 1.15. The quantitative estimate of drug-likeness (QED) is 0.533. The van der Waals surface area contributed by atoms with Gasteiger partial charge in [-0.05, 0) is 30.4 Å². The van der Waals surface area contributed by atoms with Gasteiger partial charge in [-0.15, -0.1) is 0 Å². The van der Waals surface area contributed by atoms with Crippen LogP contribution in [0.4, 0.5) is 4.39 Å². The van der Waals surface area contributed by atoms with Crippen LogP contribution in [0.15, 0.2) is 24.3 Å². The molecule has 2 rings (SSSR count). The summed E-state index contributed by atoms with van der Waals surface area (Å²) >= 11 is 0. The maximum atomic E-state index is 13.2. The SMILES string of the molecule is F[C@@H]1CCCc2ccccc21. The summed E-state index contributed by atoms with van der Waals surface area (Å²) in [6.07, 6.45) is 2.05. The molecule has 0 amide bonds. The fourth-order valence-corrected chi connectivity index (χ4v) is 1.69. The van der Waals surface area contributed by atoms with Crippen molar-refractivity contribution in [3.05, 3.63) is 35.4 Å². The van der Waals surface area contributed by atoms with Gasteiger partial charge >= 0.3 is 0 Å². The van der Waals surface area contributed by atoms with Crippen molar-refractivity contribution < 1.29 is 4.39 Å². The monoisotopic (exact) mass is 150 g/mol. The van der Waals surface area contributed by atoms with Crippen LogP contribution in [-0.2, 0) is 6.42 Å². The van der Waals surface area contributed by atoms with Crippen LogP contribution in [0.3, 0.4) is 0 Å². The molecule has 0 nitrogen and oxygen atoms in total. The number of hydrogen-bond acceptors (Lipinski definition) is 0. The fourth-order valence-electron chi connectivity index (χ4n) is 1.69. The first-order valence-electron chi connectivity index (χ1n) is 4.10. The van der Waals surface area contributed by atoms with E-state index in [1.165, 1.54) is 5.56 Å². The first kappa shape index (κ1) is 6.84. The number of hydrogen-bond donors (Lipinski definition) is 0. The molecule has 1 atom stereocenters. The molecule has 0 fully saturated rings. The first-order chi connectivity index (χ1) is 5.38. The van der Waals surface area contributed by atoms with Crippen molar-refractivity contribution in [2.45, 2.75) is 25.4 Å². The molecule has 0 unspecified atom stereocenters. The Balaban J connectivity index is 2.44. The van der Waals surface area contributed by atoms with Crippen molar-refractivity contribution in [3.63, 3.8) is 0 Å². The van der Waals surface area contributed by atoms with E-state index in [-0.39, 0.29) is 0 Å². The van der Waals surface area contributed by atoms with Crippen LogP contribution < -0.4 is 0 Å². The van der Waals surface area contributed by atoms with E-state index in [2.05, 4.69) is 0 Å². The van der Waals surface area contributed by atoms with E-state index in [1.54, 1.807) is 0 Å². The van der Waals surface area contributed by atoms with Crippen molar-refractivity contribution in [1.82, 2.24) is 0 Å². The lowest BCUT2D eigenvalue weighted by molar-refractivity contribution is 0.302. The maximum absolute atomic E-state index is 13.2. The predicted molar refractivity (Wildman–Crippen MR) is 43.2 cm³/mol. The average molecular weight is 150 g/mol. The highest BCUT2D eigenvalue weighted by atomic mass is 19.1. The molecule has 0 saturated carbocycles. The average Bonchev–Trinajstić information content (AvgIpc) is 2.06. The Hall–Kier alpha value is -0.850. The Morgan fingerprint density at radius 2 is 2.09 bits per heavy atom. The molecule has 1 aromatic carbocycles. The van der Waals surface area contributed by atoms with Gasteiger partial charge in [-0.3, -0.25) is 0 Å². The molecule has 1 aliphatic carbocycles. The number of rotatable bonds is 0. The van der Waals surface area contributed by atoms with Crippen molar-refractivity contribution >= 4 is 0 Å². The molecule has 0 saturated heterocycles. The lowest BCUT2D eigenvalue weighted by Crippen LogP contribution is -2.04. The Labute approximate surface area is 66.1 Å². The van der Waals surface area contributed by atoms with Gasteiger partial charge in [0.25, 0.3) is 0 Å². The van der Waals surface area contributed by atoms with E-state index in [0.29, 0.717) is 6.42 Å². The standard InChI is InChI=1S/C10H11F/c11-10-7-3-5-8-4-1-2-6-9(8)10/h1-2,4,6,10H,3,5,7H2/t10-/m1/s1. The van der Waals surface area contributed by atoms with Gasteiger partial charge in [0, 0.05) is 0 Å². The zero-order valence-corrected chi connectivity index (χ0v) is 6.39. The molecular formula is C10H11F. The van der Waals surface area contributed by atoms with E-state index < -0.39 is 6.17 Å². The Morgan fingerprint density at radius 1 is 1.27 bits per heavy atom. The highest BCUT2D eigenvalue weighted by Gasteiger charge is 2.17. The van der Waals surface area contributed by atoms with Crippen LogP contribution in [0.5, 0.6) is 0 Å². The molecule has 0 spiro atoms. The van der Waals surface area contributed by atoms with E-state index in [1.807, 2.05) is 24.3 Å². The molecule has 1 aromatic rings. The minimum Gasteiger partial charge on any atom is -0.242 e. The molecule has 0 heterocycles. The van der Waals surface area contributed by atoms with Crippen molar-refractivity contribution in [1.29, 1.82) is 0 Å². The highest BCUT2D eigenvalue weighted by molar-refractivity contribution is 5.30. The largest absolute Gasteiger partial charge is 0.242 e. The van der Waals surface area contributed by atoms with Crippen molar-refractivity contribution in [2.75, 3.05) is 0 Å². The second-order valence-corrected chi connectivity index (χ2v) is 3.06. The Morgan fingerprint density at radius 3 is 2.91 bits per heavy atom. The highest BCUT2D eigenvalue weighted by Crippen LogP contribution is 2.31. The van der Waals surface area contributed by atoms with E-state index in [9.17, 15) is 4.39 Å². The maximum Gasteiger partial charge on any atom is 0.125 e. The van der Waals surface area contributed by atoms with Crippen LogP contribution in [0.2, 0.25) is 0 Å². The molecule has 1 heteroatoms. The molecule has 0 radical (unpaired) electrons. The van der Waals surface area contributed by atoms with Gasteiger partial charge in [0.15, 0.2) is 0 Å². The van der Waals surface area contributed by atoms with Crippen LogP contribution in [-0.4, -0.2) is 0 Å². The predicted octanol–water partition coefficient (Wildman–Crippen LogP) is 3.03. The molecule has 1 aliphatic rings. The van der Waals surface area contributed by atoms with Crippen LogP contribution >= 0.6 is 0 Å². The van der Waals surface area contributed by atoms with Crippen LogP contribution in [0.1, 0.15) is 30.1 Å². The summed E-state index contributed by atoms with van der Waals surface area (Å²) in [5, 5.41) is 0. The molecule has 0 aliphatic heterocycles. The third-order valence-electron chi connectivity index (χ3n) is 2.30. The Kier molecular flexibility index (Phi) is 1.65. The van der Waals surface area contributed by atoms with Gasteiger partial charge in [0.05, 0.1) is 0 Å². The topological polar surface area (TPSA) is 0 Å². The Bertz CT molecular complexity index is 255. The van der Waals surface area contributed by atoms with E-state index >= 15 is 0 Å². The van der Waals surface area contributed by atoms with Gasteiger partial charge < -0.3 is 0 Å². The van der Waals surface area contributed by atoms with Gasteiger partial charge in [-0.1, -0.05) is 24.3 Å². The molecule has 58 valence electrons. The van der Waals surface area contributed by atoms with Gasteiger partial charge in [0.2, 0.25) is 0 Å². The summed E-state index contributed by atoms with van der Waals surface area (Å²) in [5.74, 6) is 0. The molecule has 11 heavy (non-hydrogen) atoms. The number of alkyl halides is 1. The molecule has 0 bridgehead atoms. The second-order valence-electron chi connectivity index (χ2n) is 3.06. The summed E-state index contributed by atoms with van der Waals surface area (Å²) in [6, 6.07) is 7.83. The van der Waals surface area contributed by atoms with Gasteiger partial charge in [-0.2, -0.15) is 0 Å². The smallest absolute Gasteiger partial charge is 0.125 e. The fraction of sp³-hybridized carbons (Fsp3) is 0.400.